The Morgan fingerprint density at radius 1 is 1.25 bits per heavy atom. The van der Waals surface area contributed by atoms with E-state index in [1.807, 2.05) is 46.4 Å². The summed E-state index contributed by atoms with van der Waals surface area (Å²) in [5, 5.41) is 12.4. The first-order chi connectivity index (χ1) is 13.3. The third kappa shape index (κ3) is 4.48. The zero-order chi connectivity index (χ0) is 20.3. The van der Waals surface area contributed by atoms with E-state index in [4.69, 9.17) is 0 Å². The Bertz CT molecular complexity index is 971. The van der Waals surface area contributed by atoms with Gasteiger partial charge in [0, 0.05) is 44.0 Å². The number of carbonyl (C=O) groups is 2. The normalized spacial score (nSPS) is 12.2. The Balaban J connectivity index is 1.67. The molecular weight excluding hydrogens is 376 g/mol. The van der Waals surface area contributed by atoms with E-state index in [1.54, 1.807) is 26.9 Å². The van der Waals surface area contributed by atoms with Gasteiger partial charge in [0.05, 0.1) is 12.2 Å². The van der Waals surface area contributed by atoms with Crippen molar-refractivity contribution in [2.24, 2.45) is 20.0 Å². The lowest BCUT2D eigenvalue weighted by Gasteiger charge is -2.20. The lowest BCUT2D eigenvalue weighted by Crippen LogP contribution is -2.33. The van der Waals surface area contributed by atoms with Gasteiger partial charge in [0.15, 0.2) is 0 Å². The molecule has 9 heteroatoms. The van der Waals surface area contributed by atoms with Crippen LogP contribution in [0.25, 0.3) is 0 Å². The van der Waals surface area contributed by atoms with Crippen molar-refractivity contribution in [2.75, 3.05) is 0 Å². The smallest absolute Gasteiger partial charge is 0.271 e. The minimum atomic E-state index is -0.271. The standard InChI is InChI=1S/C19H24N6O2S/c1-12(2)16(23-18(27)15-6-5-7-24(15)3)19-22-14(11-28-19)17(26)20-8-13-9-21-25(4)10-13/h5-7,9-12,16H,8H2,1-4H3,(H,20,26)(H,23,27)/t16-/m1/s1. The first-order valence-electron chi connectivity index (χ1n) is 8.98. The zero-order valence-electron chi connectivity index (χ0n) is 16.3. The van der Waals surface area contributed by atoms with Crippen LogP contribution < -0.4 is 10.6 Å². The van der Waals surface area contributed by atoms with Gasteiger partial charge in [-0.15, -0.1) is 11.3 Å². The van der Waals surface area contributed by atoms with Crippen LogP contribution in [0.5, 0.6) is 0 Å². The molecule has 2 N–H and O–H groups in total. The summed E-state index contributed by atoms with van der Waals surface area (Å²) in [5.74, 6) is -0.284. The summed E-state index contributed by atoms with van der Waals surface area (Å²) in [7, 11) is 3.65. The number of hydrogen-bond donors (Lipinski definition) is 2. The topological polar surface area (TPSA) is 93.8 Å². The van der Waals surface area contributed by atoms with Gasteiger partial charge in [-0.3, -0.25) is 14.3 Å². The number of aromatic nitrogens is 4. The largest absolute Gasteiger partial charge is 0.347 e. The molecule has 0 radical (unpaired) electrons. The highest BCUT2D eigenvalue weighted by molar-refractivity contribution is 7.09. The summed E-state index contributed by atoms with van der Waals surface area (Å²) < 4.78 is 3.46. The van der Waals surface area contributed by atoms with Gasteiger partial charge in [0.1, 0.15) is 16.4 Å². The summed E-state index contributed by atoms with van der Waals surface area (Å²) in [5.41, 5.74) is 1.85. The van der Waals surface area contributed by atoms with Crippen LogP contribution in [-0.2, 0) is 20.6 Å². The maximum atomic E-state index is 12.6. The van der Waals surface area contributed by atoms with E-state index in [2.05, 4.69) is 20.7 Å². The summed E-state index contributed by atoms with van der Waals surface area (Å²) in [6.07, 6.45) is 5.38. The number of thiazole rings is 1. The number of aryl methyl sites for hydroxylation is 2. The minimum Gasteiger partial charge on any atom is -0.347 e. The highest BCUT2D eigenvalue weighted by Crippen LogP contribution is 2.25. The average Bonchev–Trinajstić information content (AvgIpc) is 3.38. The van der Waals surface area contributed by atoms with Crippen molar-refractivity contribution in [3.8, 4) is 0 Å². The molecule has 0 saturated heterocycles. The van der Waals surface area contributed by atoms with Gasteiger partial charge in [-0.05, 0) is 18.1 Å². The maximum absolute atomic E-state index is 12.6. The van der Waals surface area contributed by atoms with Crippen molar-refractivity contribution >= 4 is 23.2 Å². The van der Waals surface area contributed by atoms with Crippen LogP contribution in [0.4, 0.5) is 0 Å². The number of rotatable bonds is 7. The Morgan fingerprint density at radius 3 is 2.64 bits per heavy atom. The lowest BCUT2D eigenvalue weighted by molar-refractivity contribution is 0.0917. The van der Waals surface area contributed by atoms with Crippen LogP contribution in [0.1, 0.15) is 51.4 Å². The van der Waals surface area contributed by atoms with Gasteiger partial charge in [-0.25, -0.2) is 4.98 Å². The van der Waals surface area contributed by atoms with Crippen molar-refractivity contribution in [1.29, 1.82) is 0 Å². The summed E-state index contributed by atoms with van der Waals surface area (Å²) >= 11 is 1.37. The molecule has 0 saturated carbocycles. The molecule has 0 unspecified atom stereocenters. The second kappa shape index (κ2) is 8.39. The van der Waals surface area contributed by atoms with E-state index >= 15 is 0 Å². The van der Waals surface area contributed by atoms with E-state index in [9.17, 15) is 9.59 Å². The molecule has 3 rings (SSSR count). The van der Waals surface area contributed by atoms with Crippen LogP contribution in [0, 0.1) is 5.92 Å². The van der Waals surface area contributed by atoms with Gasteiger partial charge in [0.25, 0.3) is 11.8 Å². The van der Waals surface area contributed by atoms with Crippen LogP contribution in [0.3, 0.4) is 0 Å². The van der Waals surface area contributed by atoms with Crippen molar-refractivity contribution < 1.29 is 9.59 Å². The number of amides is 2. The van der Waals surface area contributed by atoms with Gasteiger partial charge in [-0.1, -0.05) is 13.8 Å². The highest BCUT2D eigenvalue weighted by atomic mass is 32.1. The molecule has 0 spiro atoms. The fourth-order valence-corrected chi connectivity index (χ4v) is 3.82. The molecule has 3 aromatic rings. The molecule has 148 valence electrons. The molecule has 3 aromatic heterocycles. The monoisotopic (exact) mass is 400 g/mol. The van der Waals surface area contributed by atoms with E-state index in [-0.39, 0.29) is 23.8 Å². The van der Waals surface area contributed by atoms with Crippen LogP contribution in [0.15, 0.2) is 36.1 Å². The van der Waals surface area contributed by atoms with Crippen LogP contribution >= 0.6 is 11.3 Å². The molecule has 0 aliphatic carbocycles. The lowest BCUT2D eigenvalue weighted by atomic mass is 10.0. The first kappa shape index (κ1) is 19.8. The summed E-state index contributed by atoms with van der Waals surface area (Å²) in [6, 6.07) is 3.33. The molecule has 0 aliphatic heterocycles. The third-order valence-corrected chi connectivity index (χ3v) is 5.29. The predicted octanol–water partition coefficient (Wildman–Crippen LogP) is 2.27. The molecule has 28 heavy (non-hydrogen) atoms. The number of hydrogen-bond acceptors (Lipinski definition) is 5. The Labute approximate surface area is 167 Å². The number of carbonyl (C=O) groups excluding carboxylic acids is 2. The Morgan fingerprint density at radius 2 is 2.04 bits per heavy atom. The zero-order valence-corrected chi connectivity index (χ0v) is 17.2. The molecule has 1 atom stereocenters. The Hall–Kier alpha value is -2.94. The van der Waals surface area contributed by atoms with Crippen LogP contribution in [0.2, 0.25) is 0 Å². The van der Waals surface area contributed by atoms with Gasteiger partial charge < -0.3 is 15.2 Å². The molecule has 8 nitrogen and oxygen atoms in total. The quantitative estimate of drug-likeness (QED) is 0.636. The maximum Gasteiger partial charge on any atom is 0.271 e. The molecule has 2 amide bonds. The molecule has 0 bridgehead atoms. The molecule has 0 fully saturated rings. The van der Waals surface area contributed by atoms with E-state index in [1.165, 1.54) is 11.3 Å². The average molecular weight is 401 g/mol. The fraction of sp³-hybridized carbons (Fsp3) is 0.368. The number of nitrogens with zero attached hydrogens (tertiary/aromatic N) is 4. The van der Waals surface area contributed by atoms with E-state index in [0.29, 0.717) is 22.9 Å². The van der Waals surface area contributed by atoms with E-state index in [0.717, 1.165) is 5.56 Å². The number of nitrogens with one attached hydrogen (secondary N) is 2. The first-order valence-corrected chi connectivity index (χ1v) is 9.86. The van der Waals surface area contributed by atoms with Crippen LogP contribution in [-0.4, -0.2) is 31.1 Å². The SMILES string of the molecule is CC(C)[C@@H](NC(=O)c1cccn1C)c1nc(C(=O)NCc2cnn(C)c2)cs1. The molecular formula is C19H24N6O2S. The van der Waals surface area contributed by atoms with Crippen molar-refractivity contribution in [3.05, 3.63) is 58.1 Å². The Kier molecular flexibility index (Phi) is 5.93. The third-order valence-electron chi connectivity index (χ3n) is 4.36. The van der Waals surface area contributed by atoms with Crippen molar-refractivity contribution in [1.82, 2.24) is 30.0 Å². The fourth-order valence-electron chi connectivity index (χ4n) is 2.80. The van der Waals surface area contributed by atoms with Crippen molar-refractivity contribution in [2.45, 2.75) is 26.4 Å². The highest BCUT2D eigenvalue weighted by Gasteiger charge is 2.24. The van der Waals surface area contributed by atoms with Crippen molar-refractivity contribution in [3.63, 3.8) is 0 Å². The second-order valence-corrected chi connectivity index (χ2v) is 7.87. The minimum absolute atomic E-state index is 0.127. The molecule has 3 heterocycles. The van der Waals surface area contributed by atoms with Gasteiger partial charge in [-0.2, -0.15) is 5.10 Å². The molecule has 0 aromatic carbocycles. The second-order valence-electron chi connectivity index (χ2n) is 6.98. The van der Waals surface area contributed by atoms with Gasteiger partial charge in [0.2, 0.25) is 0 Å². The molecule has 0 aliphatic rings. The summed E-state index contributed by atoms with van der Waals surface area (Å²) in [6.45, 7) is 4.41. The predicted molar refractivity (Wildman–Crippen MR) is 107 cm³/mol. The van der Waals surface area contributed by atoms with Gasteiger partial charge >= 0.3 is 0 Å². The summed E-state index contributed by atoms with van der Waals surface area (Å²) in [4.78, 5) is 29.4. The van der Waals surface area contributed by atoms with E-state index < -0.39 is 0 Å².